The van der Waals surface area contributed by atoms with E-state index in [1.54, 1.807) is 6.92 Å². The number of carboxylic acids is 1. The lowest BCUT2D eigenvalue weighted by atomic mass is 10.0. The first-order chi connectivity index (χ1) is 7.58. The maximum absolute atomic E-state index is 11.5. The normalized spacial score (nSPS) is 18.3. The van der Waals surface area contributed by atoms with Crippen molar-refractivity contribution in [2.45, 2.75) is 57.9 Å². The fourth-order valence-corrected chi connectivity index (χ4v) is 2.29. The van der Waals surface area contributed by atoms with E-state index in [1.165, 1.54) is 25.7 Å². The van der Waals surface area contributed by atoms with Crippen LogP contribution in [0.3, 0.4) is 0 Å². The quantitative estimate of drug-likeness (QED) is 0.728. The molecule has 16 heavy (non-hydrogen) atoms. The molecule has 0 aromatic heterocycles. The second-order valence-corrected chi connectivity index (χ2v) is 4.76. The molecule has 0 aliphatic heterocycles. The molecule has 0 aromatic rings. The van der Waals surface area contributed by atoms with Gasteiger partial charge in [-0.3, -0.25) is 9.59 Å². The van der Waals surface area contributed by atoms with E-state index < -0.39 is 5.97 Å². The topological polar surface area (TPSA) is 66.4 Å². The number of rotatable bonds is 6. The van der Waals surface area contributed by atoms with Crippen LogP contribution in [0.1, 0.15) is 51.9 Å². The lowest BCUT2D eigenvalue weighted by Gasteiger charge is -2.13. The summed E-state index contributed by atoms with van der Waals surface area (Å²) in [5.74, 6) is -0.176. The molecule has 1 saturated carbocycles. The third kappa shape index (κ3) is 5.14. The van der Waals surface area contributed by atoms with Crippen molar-refractivity contribution in [3.63, 3.8) is 0 Å². The minimum Gasteiger partial charge on any atom is -0.481 e. The molecule has 2 N–H and O–H groups in total. The van der Waals surface area contributed by atoms with Crippen LogP contribution in [-0.4, -0.2) is 23.0 Å². The van der Waals surface area contributed by atoms with Crippen molar-refractivity contribution >= 4 is 11.9 Å². The zero-order chi connectivity index (χ0) is 12.0. The highest BCUT2D eigenvalue weighted by atomic mass is 16.4. The summed E-state index contributed by atoms with van der Waals surface area (Å²) in [6.07, 6.45) is 6.56. The van der Waals surface area contributed by atoms with Gasteiger partial charge in [-0.05, 0) is 19.3 Å². The highest BCUT2D eigenvalue weighted by molar-refractivity contribution is 5.77. The molecule has 1 atom stereocenters. The zero-order valence-electron chi connectivity index (χ0n) is 9.87. The summed E-state index contributed by atoms with van der Waals surface area (Å²) in [4.78, 5) is 21.9. The van der Waals surface area contributed by atoms with E-state index in [4.69, 9.17) is 5.11 Å². The lowest BCUT2D eigenvalue weighted by Crippen LogP contribution is -2.34. The Labute approximate surface area is 96.4 Å². The average molecular weight is 227 g/mol. The van der Waals surface area contributed by atoms with Gasteiger partial charge in [-0.15, -0.1) is 0 Å². The van der Waals surface area contributed by atoms with Crippen LogP contribution in [-0.2, 0) is 9.59 Å². The summed E-state index contributed by atoms with van der Waals surface area (Å²) in [7, 11) is 0. The maximum atomic E-state index is 11.5. The van der Waals surface area contributed by atoms with E-state index >= 15 is 0 Å². The summed E-state index contributed by atoms with van der Waals surface area (Å²) < 4.78 is 0. The lowest BCUT2D eigenvalue weighted by molar-refractivity contribution is -0.137. The van der Waals surface area contributed by atoms with Gasteiger partial charge >= 0.3 is 5.97 Å². The van der Waals surface area contributed by atoms with Gasteiger partial charge in [0.1, 0.15) is 0 Å². The predicted octanol–water partition coefficient (Wildman–Crippen LogP) is 1.94. The summed E-state index contributed by atoms with van der Waals surface area (Å²) in [6.45, 7) is 1.72. The Balaban J connectivity index is 2.12. The fourth-order valence-electron chi connectivity index (χ4n) is 2.29. The fraction of sp³-hybridized carbons (Fsp3) is 0.833. The van der Waals surface area contributed by atoms with Crippen molar-refractivity contribution < 1.29 is 14.7 Å². The molecule has 92 valence electrons. The minimum absolute atomic E-state index is 0.00479. The molecule has 1 rings (SSSR count). The molecule has 4 nitrogen and oxygen atoms in total. The van der Waals surface area contributed by atoms with Gasteiger partial charge < -0.3 is 10.4 Å². The van der Waals surface area contributed by atoms with Crippen molar-refractivity contribution in [2.75, 3.05) is 0 Å². The van der Waals surface area contributed by atoms with Gasteiger partial charge in [0.25, 0.3) is 0 Å². The smallest absolute Gasteiger partial charge is 0.305 e. The Hall–Kier alpha value is -1.06. The second kappa shape index (κ2) is 6.51. The highest BCUT2D eigenvalue weighted by Gasteiger charge is 2.17. The highest BCUT2D eigenvalue weighted by Crippen LogP contribution is 2.28. The molecular weight excluding hydrogens is 206 g/mol. The van der Waals surface area contributed by atoms with E-state index in [-0.39, 0.29) is 18.4 Å². The van der Waals surface area contributed by atoms with Crippen molar-refractivity contribution in [3.05, 3.63) is 0 Å². The predicted molar refractivity (Wildman–Crippen MR) is 61.0 cm³/mol. The van der Waals surface area contributed by atoms with Gasteiger partial charge in [0.15, 0.2) is 0 Å². The molecule has 1 aliphatic rings. The standard InChI is InChI=1S/C12H21NO3/c1-9(8-12(15)16)13-11(14)7-6-10-4-2-3-5-10/h9-10H,2-8H2,1H3,(H,13,14)(H,15,16)/t9-/m0/s1. The number of hydrogen-bond acceptors (Lipinski definition) is 2. The van der Waals surface area contributed by atoms with E-state index in [1.807, 2.05) is 0 Å². The zero-order valence-corrected chi connectivity index (χ0v) is 9.87. The van der Waals surface area contributed by atoms with Crippen molar-refractivity contribution in [1.82, 2.24) is 5.32 Å². The molecule has 0 spiro atoms. The van der Waals surface area contributed by atoms with E-state index in [0.717, 1.165) is 6.42 Å². The summed E-state index contributed by atoms with van der Waals surface area (Å²) in [6, 6.07) is -0.270. The van der Waals surface area contributed by atoms with E-state index in [0.29, 0.717) is 12.3 Å². The van der Waals surface area contributed by atoms with Crippen molar-refractivity contribution in [2.24, 2.45) is 5.92 Å². The molecular formula is C12H21NO3. The summed E-state index contributed by atoms with van der Waals surface area (Å²) >= 11 is 0. The van der Waals surface area contributed by atoms with Crippen LogP contribution in [0.15, 0.2) is 0 Å². The van der Waals surface area contributed by atoms with Gasteiger partial charge in [-0.1, -0.05) is 25.7 Å². The Morgan fingerprint density at radius 3 is 2.56 bits per heavy atom. The number of carboxylic acid groups (broad SMARTS) is 1. The summed E-state index contributed by atoms with van der Waals surface area (Å²) in [5.41, 5.74) is 0. The van der Waals surface area contributed by atoms with Crippen molar-refractivity contribution in [1.29, 1.82) is 0 Å². The van der Waals surface area contributed by atoms with Crippen LogP contribution in [0.5, 0.6) is 0 Å². The number of nitrogens with one attached hydrogen (secondary N) is 1. The van der Waals surface area contributed by atoms with Gasteiger partial charge in [0.2, 0.25) is 5.91 Å². The number of carbonyl (C=O) groups excluding carboxylic acids is 1. The largest absolute Gasteiger partial charge is 0.481 e. The van der Waals surface area contributed by atoms with Gasteiger partial charge in [0.05, 0.1) is 6.42 Å². The SMILES string of the molecule is C[C@@H](CC(=O)O)NC(=O)CCC1CCCC1. The monoisotopic (exact) mass is 227 g/mol. The van der Waals surface area contributed by atoms with E-state index in [2.05, 4.69) is 5.32 Å². The third-order valence-electron chi connectivity index (χ3n) is 3.14. The van der Waals surface area contributed by atoms with Crippen LogP contribution in [0.4, 0.5) is 0 Å². The van der Waals surface area contributed by atoms with E-state index in [9.17, 15) is 9.59 Å². The number of hydrogen-bond donors (Lipinski definition) is 2. The molecule has 1 fully saturated rings. The molecule has 4 heteroatoms. The van der Waals surface area contributed by atoms with Crippen LogP contribution in [0.2, 0.25) is 0 Å². The molecule has 0 unspecified atom stereocenters. The van der Waals surface area contributed by atoms with Gasteiger partial charge in [-0.2, -0.15) is 0 Å². The first-order valence-corrected chi connectivity index (χ1v) is 6.09. The van der Waals surface area contributed by atoms with Gasteiger partial charge in [0, 0.05) is 12.5 Å². The third-order valence-corrected chi connectivity index (χ3v) is 3.14. The van der Waals surface area contributed by atoms with Crippen LogP contribution in [0, 0.1) is 5.92 Å². The Kier molecular flexibility index (Phi) is 5.29. The summed E-state index contributed by atoms with van der Waals surface area (Å²) in [5, 5.41) is 11.3. The van der Waals surface area contributed by atoms with Gasteiger partial charge in [-0.25, -0.2) is 0 Å². The molecule has 0 radical (unpaired) electrons. The number of carbonyl (C=O) groups is 2. The maximum Gasteiger partial charge on any atom is 0.305 e. The van der Waals surface area contributed by atoms with Crippen LogP contribution < -0.4 is 5.32 Å². The first-order valence-electron chi connectivity index (χ1n) is 6.09. The van der Waals surface area contributed by atoms with Crippen LogP contribution in [0.25, 0.3) is 0 Å². The molecule has 0 aromatic carbocycles. The van der Waals surface area contributed by atoms with Crippen LogP contribution >= 0.6 is 0 Å². The number of aliphatic carboxylic acids is 1. The molecule has 0 heterocycles. The number of amides is 1. The Bertz CT molecular complexity index is 247. The average Bonchev–Trinajstić information content (AvgIpc) is 2.65. The first kappa shape index (κ1) is 13.0. The Morgan fingerprint density at radius 1 is 1.38 bits per heavy atom. The Morgan fingerprint density at radius 2 is 2.00 bits per heavy atom. The van der Waals surface area contributed by atoms with Crippen molar-refractivity contribution in [3.8, 4) is 0 Å². The molecule has 0 bridgehead atoms. The second-order valence-electron chi connectivity index (χ2n) is 4.76. The molecule has 1 aliphatic carbocycles. The molecule has 0 saturated heterocycles. The minimum atomic E-state index is -0.872. The molecule has 1 amide bonds.